The highest BCUT2D eigenvalue weighted by atomic mass is 35.5. The molecule has 2 heteroatoms. The van der Waals surface area contributed by atoms with Crippen molar-refractivity contribution in [2.75, 3.05) is 6.54 Å². The molecule has 0 fully saturated rings. The zero-order valence-electron chi connectivity index (χ0n) is 11.3. The van der Waals surface area contributed by atoms with Crippen LogP contribution in [0.4, 0.5) is 0 Å². The summed E-state index contributed by atoms with van der Waals surface area (Å²) in [5, 5.41) is 4.37. The highest BCUT2D eigenvalue weighted by Crippen LogP contribution is 2.20. The van der Waals surface area contributed by atoms with E-state index < -0.39 is 0 Å². The van der Waals surface area contributed by atoms with Crippen molar-refractivity contribution in [2.24, 2.45) is 0 Å². The van der Waals surface area contributed by atoms with Gasteiger partial charge in [-0.15, -0.1) is 0 Å². The fourth-order valence-electron chi connectivity index (χ4n) is 2.32. The van der Waals surface area contributed by atoms with Crippen LogP contribution in [-0.4, -0.2) is 6.54 Å². The maximum absolute atomic E-state index is 6.02. The van der Waals surface area contributed by atoms with Crippen molar-refractivity contribution >= 4 is 11.6 Å². The van der Waals surface area contributed by atoms with Gasteiger partial charge in [-0.1, -0.05) is 61.0 Å². The first kappa shape index (κ1) is 14.1. The zero-order valence-corrected chi connectivity index (χ0v) is 12.0. The lowest BCUT2D eigenvalue weighted by atomic mass is 9.99. The largest absolute Gasteiger partial charge is 0.310 e. The van der Waals surface area contributed by atoms with E-state index >= 15 is 0 Å². The molecule has 2 aromatic carbocycles. The lowest BCUT2D eigenvalue weighted by molar-refractivity contribution is 0.515. The van der Waals surface area contributed by atoms with Crippen LogP contribution in [0.2, 0.25) is 5.02 Å². The molecule has 2 rings (SSSR count). The molecule has 0 aliphatic heterocycles. The van der Waals surface area contributed by atoms with Gasteiger partial charge in [0.1, 0.15) is 0 Å². The second-order valence-corrected chi connectivity index (χ2v) is 5.13. The van der Waals surface area contributed by atoms with Gasteiger partial charge in [0.2, 0.25) is 0 Å². The minimum absolute atomic E-state index is 0.408. The van der Waals surface area contributed by atoms with Gasteiger partial charge in [-0.05, 0) is 42.6 Å². The summed E-state index contributed by atoms with van der Waals surface area (Å²) >= 11 is 6.02. The van der Waals surface area contributed by atoms with E-state index in [9.17, 15) is 0 Å². The van der Waals surface area contributed by atoms with Crippen LogP contribution >= 0.6 is 11.6 Å². The van der Waals surface area contributed by atoms with Crippen LogP contribution in [0.1, 0.15) is 30.5 Å². The summed E-state index contributed by atoms with van der Waals surface area (Å²) in [6, 6.07) is 19.2. The maximum atomic E-state index is 6.02. The molecule has 1 atom stereocenters. The van der Waals surface area contributed by atoms with Crippen molar-refractivity contribution in [1.82, 2.24) is 5.32 Å². The first-order valence-electron chi connectivity index (χ1n) is 6.82. The van der Waals surface area contributed by atoms with Gasteiger partial charge in [0.05, 0.1) is 0 Å². The number of halogens is 1. The van der Waals surface area contributed by atoms with E-state index in [0.717, 1.165) is 24.4 Å². The van der Waals surface area contributed by atoms with Crippen LogP contribution in [0.25, 0.3) is 0 Å². The molecule has 1 nitrogen and oxygen atoms in total. The summed E-state index contributed by atoms with van der Waals surface area (Å²) < 4.78 is 0. The van der Waals surface area contributed by atoms with E-state index in [1.807, 2.05) is 12.1 Å². The fourth-order valence-corrected chi connectivity index (χ4v) is 2.53. The molecule has 0 spiro atoms. The van der Waals surface area contributed by atoms with Crippen molar-refractivity contribution in [1.29, 1.82) is 0 Å². The van der Waals surface area contributed by atoms with Crippen LogP contribution in [0.5, 0.6) is 0 Å². The van der Waals surface area contributed by atoms with Crippen LogP contribution in [0.3, 0.4) is 0 Å². The van der Waals surface area contributed by atoms with Crippen molar-refractivity contribution in [3.05, 3.63) is 70.7 Å². The molecule has 0 amide bonds. The average Bonchev–Trinajstić information content (AvgIpc) is 2.44. The van der Waals surface area contributed by atoms with Gasteiger partial charge in [-0.3, -0.25) is 0 Å². The van der Waals surface area contributed by atoms with Crippen molar-refractivity contribution in [2.45, 2.75) is 25.8 Å². The van der Waals surface area contributed by atoms with Gasteiger partial charge in [0, 0.05) is 11.1 Å². The third-order valence-corrected chi connectivity index (χ3v) is 3.50. The topological polar surface area (TPSA) is 12.0 Å². The Balaban J connectivity index is 2.01. The smallest absolute Gasteiger partial charge is 0.0408 e. The SMILES string of the molecule is CCNC(CCc1cccc(Cl)c1)c1ccccc1. The molecule has 0 saturated heterocycles. The first-order valence-corrected chi connectivity index (χ1v) is 7.20. The Kier molecular flexibility index (Phi) is 5.44. The Morgan fingerprint density at radius 3 is 2.53 bits per heavy atom. The minimum Gasteiger partial charge on any atom is -0.310 e. The summed E-state index contributed by atoms with van der Waals surface area (Å²) in [7, 11) is 0. The molecule has 2 aromatic rings. The number of nitrogens with one attached hydrogen (secondary N) is 1. The molecular formula is C17H20ClN. The van der Waals surface area contributed by atoms with Gasteiger partial charge < -0.3 is 5.32 Å². The summed E-state index contributed by atoms with van der Waals surface area (Å²) in [6.45, 7) is 3.13. The van der Waals surface area contributed by atoms with E-state index in [0.29, 0.717) is 6.04 Å². The third kappa shape index (κ3) is 4.38. The van der Waals surface area contributed by atoms with E-state index in [1.54, 1.807) is 0 Å². The Morgan fingerprint density at radius 1 is 1.05 bits per heavy atom. The molecule has 1 unspecified atom stereocenters. The summed E-state index contributed by atoms with van der Waals surface area (Å²) in [6.07, 6.45) is 2.12. The highest BCUT2D eigenvalue weighted by Gasteiger charge is 2.09. The Labute approximate surface area is 120 Å². The molecule has 0 aliphatic rings. The monoisotopic (exact) mass is 273 g/mol. The van der Waals surface area contributed by atoms with E-state index in [1.165, 1.54) is 11.1 Å². The quantitative estimate of drug-likeness (QED) is 0.810. The van der Waals surface area contributed by atoms with E-state index in [-0.39, 0.29) is 0 Å². The average molecular weight is 274 g/mol. The van der Waals surface area contributed by atoms with E-state index in [4.69, 9.17) is 11.6 Å². The molecule has 0 bridgehead atoms. The lowest BCUT2D eigenvalue weighted by Gasteiger charge is -2.18. The van der Waals surface area contributed by atoms with Crippen LogP contribution in [0.15, 0.2) is 54.6 Å². The Bertz CT molecular complexity index is 496. The second kappa shape index (κ2) is 7.32. The number of hydrogen-bond acceptors (Lipinski definition) is 1. The fraction of sp³-hybridized carbons (Fsp3) is 0.294. The molecule has 100 valence electrons. The minimum atomic E-state index is 0.408. The van der Waals surface area contributed by atoms with Crippen molar-refractivity contribution in [3.63, 3.8) is 0 Å². The predicted octanol–water partition coefficient (Wildman–Crippen LogP) is 4.62. The molecule has 1 N–H and O–H groups in total. The van der Waals surface area contributed by atoms with Crippen LogP contribution < -0.4 is 5.32 Å². The molecule has 19 heavy (non-hydrogen) atoms. The number of benzene rings is 2. The number of hydrogen-bond donors (Lipinski definition) is 1. The number of rotatable bonds is 6. The van der Waals surface area contributed by atoms with Gasteiger partial charge >= 0.3 is 0 Å². The Morgan fingerprint density at radius 2 is 1.84 bits per heavy atom. The van der Waals surface area contributed by atoms with Crippen LogP contribution in [0, 0.1) is 0 Å². The predicted molar refractivity (Wildman–Crippen MR) is 82.6 cm³/mol. The number of aryl methyl sites for hydroxylation is 1. The maximum Gasteiger partial charge on any atom is 0.0408 e. The third-order valence-electron chi connectivity index (χ3n) is 3.26. The standard InChI is InChI=1S/C17H20ClN/c1-2-19-17(15-8-4-3-5-9-15)12-11-14-7-6-10-16(18)13-14/h3-10,13,17,19H,2,11-12H2,1H3. The van der Waals surface area contributed by atoms with Gasteiger partial charge in [-0.25, -0.2) is 0 Å². The molecule has 0 radical (unpaired) electrons. The van der Waals surface area contributed by atoms with Crippen molar-refractivity contribution < 1.29 is 0 Å². The highest BCUT2D eigenvalue weighted by molar-refractivity contribution is 6.30. The van der Waals surface area contributed by atoms with Gasteiger partial charge in [0.25, 0.3) is 0 Å². The summed E-state index contributed by atoms with van der Waals surface area (Å²) in [4.78, 5) is 0. The molecule has 0 aliphatic carbocycles. The van der Waals surface area contributed by atoms with Gasteiger partial charge in [0.15, 0.2) is 0 Å². The summed E-state index contributed by atoms with van der Waals surface area (Å²) in [5.74, 6) is 0. The molecular weight excluding hydrogens is 254 g/mol. The molecule has 0 heterocycles. The van der Waals surface area contributed by atoms with Crippen molar-refractivity contribution in [3.8, 4) is 0 Å². The Hall–Kier alpha value is -1.31. The van der Waals surface area contributed by atoms with Gasteiger partial charge in [-0.2, -0.15) is 0 Å². The second-order valence-electron chi connectivity index (χ2n) is 4.69. The zero-order chi connectivity index (χ0) is 13.5. The van der Waals surface area contributed by atoms with Crippen LogP contribution in [-0.2, 0) is 6.42 Å². The first-order chi connectivity index (χ1) is 9.29. The molecule has 0 saturated carbocycles. The lowest BCUT2D eigenvalue weighted by Crippen LogP contribution is -2.21. The normalized spacial score (nSPS) is 12.3. The van der Waals surface area contributed by atoms with E-state index in [2.05, 4.69) is 54.7 Å². The molecule has 0 aromatic heterocycles. The summed E-state index contributed by atoms with van der Waals surface area (Å²) in [5.41, 5.74) is 2.65.